The fourth-order valence-electron chi connectivity index (χ4n) is 3.80. The van der Waals surface area contributed by atoms with Crippen LogP contribution in [0.4, 0.5) is 10.5 Å². The minimum atomic E-state index is -0.476. The lowest BCUT2D eigenvalue weighted by Crippen LogP contribution is -2.43. The zero-order chi connectivity index (χ0) is 21.0. The number of hydrogen-bond acceptors (Lipinski definition) is 5. The Morgan fingerprint density at radius 2 is 1.93 bits per heavy atom. The average Bonchev–Trinajstić information content (AvgIpc) is 2.66. The highest BCUT2D eigenvalue weighted by atomic mass is 16.6. The molecule has 0 spiro atoms. The van der Waals surface area contributed by atoms with Gasteiger partial charge in [0.2, 0.25) is 11.8 Å². The summed E-state index contributed by atoms with van der Waals surface area (Å²) in [5.41, 5.74) is 1.74. The minimum Gasteiger partial charge on any atom is -0.444 e. The summed E-state index contributed by atoms with van der Waals surface area (Å²) in [6.45, 7) is 7.53. The van der Waals surface area contributed by atoms with Crippen molar-refractivity contribution in [2.24, 2.45) is 5.92 Å². The standard InChI is InChI=1S/C22H31N3O4/c1-22(2,3)29-21(28)25-11-9-15(10-12-25)16-5-4-6-18(13-16)23-14-17-7-8-19(26)24-20(17)27/h4-6,13,15,17,23H,7-12,14H2,1-3H3,(H,24,26,27). The molecule has 158 valence electrons. The number of carbonyl (C=O) groups is 3. The second kappa shape index (κ2) is 8.84. The summed E-state index contributed by atoms with van der Waals surface area (Å²) in [6.07, 6.45) is 2.54. The molecule has 2 fully saturated rings. The molecule has 0 aromatic heterocycles. The third-order valence-corrected chi connectivity index (χ3v) is 5.41. The quantitative estimate of drug-likeness (QED) is 0.756. The highest BCUT2D eigenvalue weighted by Crippen LogP contribution is 2.30. The number of piperidine rings is 2. The van der Waals surface area contributed by atoms with Crippen molar-refractivity contribution in [2.45, 2.75) is 58.0 Å². The first-order valence-corrected chi connectivity index (χ1v) is 10.4. The lowest BCUT2D eigenvalue weighted by Gasteiger charge is -2.33. The van der Waals surface area contributed by atoms with Gasteiger partial charge in [-0.15, -0.1) is 0 Å². The Bertz CT molecular complexity index is 764. The fourth-order valence-corrected chi connectivity index (χ4v) is 3.80. The number of nitrogens with one attached hydrogen (secondary N) is 2. The van der Waals surface area contributed by atoms with E-state index in [-0.39, 0.29) is 23.8 Å². The van der Waals surface area contributed by atoms with Gasteiger partial charge in [0, 0.05) is 31.7 Å². The smallest absolute Gasteiger partial charge is 0.410 e. The monoisotopic (exact) mass is 401 g/mol. The number of likely N-dealkylation sites (tertiary alicyclic amines) is 1. The summed E-state index contributed by atoms with van der Waals surface area (Å²) in [6, 6.07) is 8.25. The maximum absolute atomic E-state index is 12.2. The van der Waals surface area contributed by atoms with Crippen LogP contribution in [0.3, 0.4) is 0 Å². The Kier molecular flexibility index (Phi) is 6.45. The van der Waals surface area contributed by atoms with E-state index >= 15 is 0 Å². The van der Waals surface area contributed by atoms with Crippen molar-refractivity contribution in [3.05, 3.63) is 29.8 Å². The van der Waals surface area contributed by atoms with E-state index in [1.165, 1.54) is 5.56 Å². The third kappa shape index (κ3) is 5.95. The summed E-state index contributed by atoms with van der Waals surface area (Å²) >= 11 is 0. The first kappa shape index (κ1) is 21.1. The fraction of sp³-hybridized carbons (Fsp3) is 0.591. The molecule has 1 aromatic carbocycles. The molecule has 7 nitrogen and oxygen atoms in total. The molecule has 0 radical (unpaired) electrons. The molecule has 2 saturated heterocycles. The Morgan fingerprint density at radius 3 is 2.59 bits per heavy atom. The van der Waals surface area contributed by atoms with Crippen molar-refractivity contribution in [1.29, 1.82) is 0 Å². The van der Waals surface area contributed by atoms with Crippen molar-refractivity contribution in [3.8, 4) is 0 Å². The average molecular weight is 402 g/mol. The molecule has 0 bridgehead atoms. The molecule has 2 aliphatic heterocycles. The third-order valence-electron chi connectivity index (χ3n) is 5.41. The largest absolute Gasteiger partial charge is 0.444 e. The lowest BCUT2D eigenvalue weighted by atomic mass is 9.89. The van der Waals surface area contributed by atoms with Crippen LogP contribution in [0.2, 0.25) is 0 Å². The number of amides is 3. The molecule has 2 heterocycles. The molecule has 1 atom stereocenters. The first-order valence-electron chi connectivity index (χ1n) is 10.4. The summed E-state index contributed by atoms with van der Waals surface area (Å²) in [5, 5.41) is 5.73. The molecule has 1 aromatic rings. The zero-order valence-corrected chi connectivity index (χ0v) is 17.5. The van der Waals surface area contributed by atoms with E-state index in [1.807, 2.05) is 32.9 Å². The lowest BCUT2D eigenvalue weighted by molar-refractivity contribution is -0.135. The number of ether oxygens (including phenoxy) is 1. The molecule has 0 saturated carbocycles. The first-order chi connectivity index (χ1) is 13.7. The van der Waals surface area contributed by atoms with Crippen LogP contribution in [0.1, 0.15) is 57.9 Å². The molecule has 3 amide bonds. The number of nitrogens with zero attached hydrogens (tertiary/aromatic N) is 1. The van der Waals surface area contributed by atoms with Crippen molar-refractivity contribution >= 4 is 23.6 Å². The summed E-state index contributed by atoms with van der Waals surface area (Å²) in [4.78, 5) is 37.2. The number of imide groups is 1. The van der Waals surface area contributed by atoms with Crippen LogP contribution < -0.4 is 10.6 Å². The molecule has 7 heteroatoms. The van der Waals surface area contributed by atoms with Crippen LogP contribution >= 0.6 is 0 Å². The summed E-state index contributed by atoms with van der Waals surface area (Å²) in [5.74, 6) is -0.176. The van der Waals surface area contributed by atoms with Crippen LogP contribution in [0.15, 0.2) is 24.3 Å². The maximum Gasteiger partial charge on any atom is 0.410 e. The molecule has 3 rings (SSSR count). The van der Waals surface area contributed by atoms with E-state index in [1.54, 1.807) is 4.90 Å². The second-order valence-corrected chi connectivity index (χ2v) is 8.90. The van der Waals surface area contributed by atoms with Gasteiger partial charge in [0.15, 0.2) is 0 Å². The van der Waals surface area contributed by atoms with Crippen molar-refractivity contribution in [1.82, 2.24) is 10.2 Å². The van der Waals surface area contributed by atoms with Crippen LogP contribution in [0.5, 0.6) is 0 Å². The molecule has 0 aliphatic carbocycles. The van der Waals surface area contributed by atoms with Gasteiger partial charge in [-0.3, -0.25) is 14.9 Å². The van der Waals surface area contributed by atoms with Crippen molar-refractivity contribution in [2.75, 3.05) is 25.0 Å². The van der Waals surface area contributed by atoms with E-state index in [0.29, 0.717) is 38.4 Å². The molecule has 1 unspecified atom stereocenters. The highest BCUT2D eigenvalue weighted by molar-refractivity contribution is 5.98. The van der Waals surface area contributed by atoms with Crippen LogP contribution in [-0.2, 0) is 14.3 Å². The molecular formula is C22H31N3O4. The predicted octanol–water partition coefficient (Wildman–Crippen LogP) is 3.27. The summed E-state index contributed by atoms with van der Waals surface area (Å²) < 4.78 is 5.47. The Labute approximate surface area is 172 Å². The van der Waals surface area contributed by atoms with Gasteiger partial charge < -0.3 is 15.0 Å². The number of anilines is 1. The van der Waals surface area contributed by atoms with Gasteiger partial charge in [0.1, 0.15) is 5.60 Å². The van der Waals surface area contributed by atoms with E-state index in [2.05, 4.69) is 22.8 Å². The van der Waals surface area contributed by atoms with Gasteiger partial charge in [-0.05, 0) is 63.6 Å². The van der Waals surface area contributed by atoms with Gasteiger partial charge >= 0.3 is 6.09 Å². The highest BCUT2D eigenvalue weighted by Gasteiger charge is 2.28. The Balaban J connectivity index is 1.52. The van der Waals surface area contributed by atoms with Crippen molar-refractivity contribution < 1.29 is 19.1 Å². The van der Waals surface area contributed by atoms with E-state index < -0.39 is 5.60 Å². The second-order valence-electron chi connectivity index (χ2n) is 8.90. The SMILES string of the molecule is CC(C)(C)OC(=O)N1CCC(c2cccc(NCC3CCC(=O)NC3=O)c2)CC1. The van der Waals surface area contributed by atoms with Gasteiger partial charge in [-0.2, -0.15) is 0 Å². The Hall–Kier alpha value is -2.57. The number of benzene rings is 1. The van der Waals surface area contributed by atoms with Gasteiger partial charge in [0.25, 0.3) is 0 Å². The number of rotatable bonds is 4. The number of hydrogen-bond donors (Lipinski definition) is 2. The van der Waals surface area contributed by atoms with E-state index in [9.17, 15) is 14.4 Å². The number of carbonyl (C=O) groups excluding carboxylic acids is 3. The molecule has 2 N–H and O–H groups in total. The van der Waals surface area contributed by atoms with E-state index in [0.717, 1.165) is 18.5 Å². The van der Waals surface area contributed by atoms with Crippen molar-refractivity contribution in [3.63, 3.8) is 0 Å². The normalized spacial score (nSPS) is 20.9. The van der Waals surface area contributed by atoms with Gasteiger partial charge in [-0.1, -0.05) is 12.1 Å². The van der Waals surface area contributed by atoms with Gasteiger partial charge in [-0.25, -0.2) is 4.79 Å². The summed E-state index contributed by atoms with van der Waals surface area (Å²) in [7, 11) is 0. The van der Waals surface area contributed by atoms with E-state index in [4.69, 9.17) is 4.74 Å². The Morgan fingerprint density at radius 1 is 1.21 bits per heavy atom. The molecule has 29 heavy (non-hydrogen) atoms. The maximum atomic E-state index is 12.2. The van der Waals surface area contributed by atoms with Gasteiger partial charge in [0.05, 0.1) is 5.92 Å². The zero-order valence-electron chi connectivity index (χ0n) is 17.5. The predicted molar refractivity (Wildman–Crippen MR) is 111 cm³/mol. The van der Waals surface area contributed by atoms with Crippen LogP contribution in [0.25, 0.3) is 0 Å². The van der Waals surface area contributed by atoms with Crippen LogP contribution in [-0.4, -0.2) is 48.0 Å². The minimum absolute atomic E-state index is 0.187. The molecule has 2 aliphatic rings. The topological polar surface area (TPSA) is 87.7 Å². The van der Waals surface area contributed by atoms with Crippen LogP contribution in [0, 0.1) is 5.92 Å². The molecular weight excluding hydrogens is 370 g/mol.